The van der Waals surface area contributed by atoms with Crippen molar-refractivity contribution in [2.24, 2.45) is 11.3 Å². The van der Waals surface area contributed by atoms with E-state index in [1.165, 1.54) is 11.3 Å². The molecule has 0 bridgehead atoms. The molecule has 2 heterocycles. The number of rotatable bonds is 1. The highest BCUT2D eigenvalue weighted by Gasteiger charge is 2.61. The van der Waals surface area contributed by atoms with Crippen molar-refractivity contribution in [1.82, 2.24) is 5.32 Å². The summed E-state index contributed by atoms with van der Waals surface area (Å²) in [5.74, 6) is 1.16. The topological polar surface area (TPSA) is 50.7 Å². The molecule has 0 aromatic carbocycles. The van der Waals surface area contributed by atoms with Crippen molar-refractivity contribution in [3.63, 3.8) is 0 Å². The first kappa shape index (κ1) is 15.3. The molecule has 0 saturated carbocycles. The Balaban J connectivity index is 1.89. The molecule has 4 nitrogen and oxygen atoms in total. The molecule has 2 aliphatic heterocycles. The van der Waals surface area contributed by atoms with Gasteiger partial charge in [0.15, 0.2) is 0 Å². The van der Waals surface area contributed by atoms with Crippen LogP contribution in [0.25, 0.3) is 0 Å². The van der Waals surface area contributed by atoms with E-state index in [0.717, 1.165) is 18.6 Å². The largest absolute Gasteiger partial charge is 0.498 e. The average molecular weight is 317 g/mol. The van der Waals surface area contributed by atoms with E-state index in [1.54, 1.807) is 7.11 Å². The number of methoxy groups -OCH3 is 1. The molecule has 0 amide bonds. The second-order valence-electron chi connectivity index (χ2n) is 8.15. The molecule has 2 unspecified atom stereocenters. The van der Waals surface area contributed by atoms with Gasteiger partial charge in [0.05, 0.1) is 19.3 Å². The van der Waals surface area contributed by atoms with Crippen LogP contribution in [0.2, 0.25) is 0 Å². The minimum absolute atomic E-state index is 0.0424. The van der Waals surface area contributed by atoms with E-state index in [-0.39, 0.29) is 29.1 Å². The quantitative estimate of drug-likeness (QED) is 0.730. The summed E-state index contributed by atoms with van der Waals surface area (Å²) in [6.07, 6.45) is 8.73. The number of allylic oxidation sites excluding steroid dienone is 2. The van der Waals surface area contributed by atoms with Crippen LogP contribution in [0.5, 0.6) is 0 Å². The van der Waals surface area contributed by atoms with Gasteiger partial charge in [0.25, 0.3) is 0 Å². The van der Waals surface area contributed by atoms with Crippen molar-refractivity contribution >= 4 is 0 Å². The molecule has 4 rings (SSSR count). The van der Waals surface area contributed by atoms with E-state index in [1.807, 2.05) is 6.08 Å². The van der Waals surface area contributed by atoms with Crippen molar-refractivity contribution in [3.8, 4) is 0 Å². The van der Waals surface area contributed by atoms with Crippen LogP contribution in [0.1, 0.15) is 40.0 Å². The first-order chi connectivity index (χ1) is 10.9. The highest BCUT2D eigenvalue weighted by molar-refractivity contribution is 5.41. The number of hydrogen-bond acceptors (Lipinski definition) is 4. The summed E-state index contributed by atoms with van der Waals surface area (Å²) in [6.45, 7) is 6.70. The molecule has 2 aliphatic carbocycles. The Kier molecular flexibility index (Phi) is 3.23. The fourth-order valence-electron chi connectivity index (χ4n) is 4.92. The lowest BCUT2D eigenvalue weighted by molar-refractivity contribution is -0.0159. The van der Waals surface area contributed by atoms with Gasteiger partial charge in [-0.3, -0.25) is 0 Å². The van der Waals surface area contributed by atoms with Crippen LogP contribution in [-0.4, -0.2) is 36.1 Å². The minimum Gasteiger partial charge on any atom is -0.498 e. The Morgan fingerprint density at radius 1 is 1.35 bits per heavy atom. The number of aliphatic hydroxyl groups excluding tert-OH is 1. The monoisotopic (exact) mass is 317 g/mol. The zero-order chi connectivity index (χ0) is 16.4. The molecule has 126 valence electrons. The van der Waals surface area contributed by atoms with Gasteiger partial charge in [-0.05, 0) is 45.3 Å². The molecule has 0 aromatic rings. The predicted molar refractivity (Wildman–Crippen MR) is 88.6 cm³/mol. The molecule has 2 saturated heterocycles. The van der Waals surface area contributed by atoms with Gasteiger partial charge in [-0.15, -0.1) is 0 Å². The second-order valence-corrected chi connectivity index (χ2v) is 8.15. The maximum absolute atomic E-state index is 10.1. The Bertz CT molecular complexity index is 618. The molecule has 4 aliphatic rings. The maximum Gasteiger partial charge on any atom is 0.125 e. The zero-order valence-corrected chi connectivity index (χ0v) is 14.4. The Labute approximate surface area is 138 Å². The maximum atomic E-state index is 10.1. The van der Waals surface area contributed by atoms with E-state index in [2.05, 4.69) is 38.2 Å². The third-order valence-electron chi connectivity index (χ3n) is 6.14. The fourth-order valence-corrected chi connectivity index (χ4v) is 4.92. The number of aliphatic hydroxyl groups is 1. The fraction of sp³-hybridized carbons (Fsp3) is 0.684. The standard InChI is InChI=1S/C19H27NO3/c1-11-9-13(22-4)17-15-16(11)20-18(2,3)7-8-19(15)6-5-12(21)10-14(19)23-17/h5-6,9,12,14-15,17,20-21H,7-8,10H2,1-4H3/t12-,14+,15?,17?,19-/m1/s1. The lowest BCUT2D eigenvalue weighted by atomic mass is 9.63. The first-order valence-electron chi connectivity index (χ1n) is 8.64. The second kappa shape index (κ2) is 4.87. The normalized spacial score (nSPS) is 44.0. The smallest absolute Gasteiger partial charge is 0.125 e. The highest BCUT2D eigenvalue weighted by Crippen LogP contribution is 2.59. The molecular formula is C19H27NO3. The summed E-state index contributed by atoms with van der Waals surface area (Å²) >= 11 is 0. The summed E-state index contributed by atoms with van der Waals surface area (Å²) in [7, 11) is 1.72. The SMILES string of the molecule is COC1=CC(C)=C2NC(C)(C)CC[C@]34C=C[C@@H](O)C[C@@H]3OC1C24. The Hall–Kier alpha value is -1.26. The van der Waals surface area contributed by atoms with Crippen molar-refractivity contribution in [1.29, 1.82) is 0 Å². The molecule has 0 radical (unpaired) electrons. The van der Waals surface area contributed by atoms with Gasteiger partial charge in [0, 0.05) is 29.0 Å². The van der Waals surface area contributed by atoms with Gasteiger partial charge in [-0.2, -0.15) is 0 Å². The van der Waals surface area contributed by atoms with Crippen LogP contribution in [-0.2, 0) is 9.47 Å². The van der Waals surface area contributed by atoms with Gasteiger partial charge in [0.2, 0.25) is 0 Å². The first-order valence-corrected chi connectivity index (χ1v) is 8.64. The summed E-state index contributed by atoms with van der Waals surface area (Å²) in [5.41, 5.74) is 2.55. The van der Waals surface area contributed by atoms with E-state index in [0.29, 0.717) is 6.42 Å². The molecule has 2 fully saturated rings. The molecule has 5 atom stereocenters. The van der Waals surface area contributed by atoms with E-state index in [4.69, 9.17) is 9.47 Å². The summed E-state index contributed by atoms with van der Waals surface area (Å²) in [6, 6.07) is 0. The number of hydrogen-bond donors (Lipinski definition) is 2. The van der Waals surface area contributed by atoms with Crippen LogP contribution >= 0.6 is 0 Å². The van der Waals surface area contributed by atoms with E-state index in [9.17, 15) is 5.11 Å². The molecule has 0 aromatic heterocycles. The predicted octanol–water partition coefficient (Wildman–Crippen LogP) is 2.66. The summed E-state index contributed by atoms with van der Waals surface area (Å²) in [4.78, 5) is 0. The van der Waals surface area contributed by atoms with Crippen LogP contribution < -0.4 is 5.32 Å². The molecule has 23 heavy (non-hydrogen) atoms. The Morgan fingerprint density at radius 3 is 2.87 bits per heavy atom. The average Bonchev–Trinajstić information content (AvgIpc) is 2.76. The minimum atomic E-state index is -0.404. The number of nitrogens with one attached hydrogen (secondary N) is 1. The molecule has 2 N–H and O–H groups in total. The van der Waals surface area contributed by atoms with Gasteiger partial charge < -0.3 is 19.9 Å². The number of ether oxygens (including phenoxy) is 2. The van der Waals surface area contributed by atoms with Crippen molar-refractivity contribution < 1.29 is 14.6 Å². The summed E-state index contributed by atoms with van der Waals surface area (Å²) in [5, 5.41) is 13.9. The van der Waals surface area contributed by atoms with E-state index < -0.39 is 6.10 Å². The third-order valence-corrected chi connectivity index (χ3v) is 6.14. The highest BCUT2D eigenvalue weighted by atomic mass is 16.5. The van der Waals surface area contributed by atoms with E-state index >= 15 is 0 Å². The Morgan fingerprint density at radius 2 is 2.13 bits per heavy atom. The van der Waals surface area contributed by atoms with Crippen molar-refractivity contribution in [2.45, 2.75) is 63.9 Å². The zero-order valence-electron chi connectivity index (χ0n) is 14.4. The van der Waals surface area contributed by atoms with Crippen LogP contribution in [0.4, 0.5) is 0 Å². The third kappa shape index (κ3) is 2.11. The van der Waals surface area contributed by atoms with Gasteiger partial charge in [-0.1, -0.05) is 12.2 Å². The van der Waals surface area contributed by atoms with Crippen molar-refractivity contribution in [3.05, 3.63) is 35.3 Å². The molecular weight excluding hydrogens is 290 g/mol. The summed E-state index contributed by atoms with van der Waals surface area (Å²) < 4.78 is 12.1. The molecule has 4 heteroatoms. The lowest BCUT2D eigenvalue weighted by Gasteiger charge is -2.40. The van der Waals surface area contributed by atoms with Gasteiger partial charge in [0.1, 0.15) is 11.9 Å². The van der Waals surface area contributed by atoms with Crippen LogP contribution in [0, 0.1) is 11.3 Å². The van der Waals surface area contributed by atoms with Crippen LogP contribution in [0.15, 0.2) is 35.3 Å². The van der Waals surface area contributed by atoms with Crippen molar-refractivity contribution in [2.75, 3.05) is 7.11 Å². The van der Waals surface area contributed by atoms with Crippen LogP contribution in [0.3, 0.4) is 0 Å². The van der Waals surface area contributed by atoms with Gasteiger partial charge in [-0.25, -0.2) is 0 Å². The lowest BCUT2D eigenvalue weighted by Crippen LogP contribution is -2.44. The molecule has 1 spiro atoms. The van der Waals surface area contributed by atoms with Gasteiger partial charge >= 0.3 is 0 Å².